The molecule has 0 aliphatic carbocycles. The van der Waals surface area contributed by atoms with Crippen LogP contribution in [0.2, 0.25) is 0 Å². The van der Waals surface area contributed by atoms with Crippen molar-refractivity contribution in [3.63, 3.8) is 0 Å². The molecule has 1 aromatic heterocycles. The van der Waals surface area contributed by atoms with E-state index in [1.807, 2.05) is 19.1 Å². The Morgan fingerprint density at radius 2 is 1.75 bits per heavy atom. The predicted octanol–water partition coefficient (Wildman–Crippen LogP) is 3.94. The van der Waals surface area contributed by atoms with Crippen molar-refractivity contribution in [1.29, 1.82) is 0 Å². The van der Waals surface area contributed by atoms with Crippen LogP contribution in [-0.4, -0.2) is 19.2 Å². The molecule has 0 radical (unpaired) electrons. The summed E-state index contributed by atoms with van der Waals surface area (Å²) in [6.45, 7) is 1.89. The highest BCUT2D eigenvalue weighted by Crippen LogP contribution is 2.39. The fraction of sp³-hybridized carbons (Fsp3) is 0.267. The van der Waals surface area contributed by atoms with Crippen LogP contribution in [0.15, 0.2) is 30.3 Å². The number of nitrogens with zero attached hydrogens (tertiary/aromatic N) is 1. The highest BCUT2D eigenvalue weighted by atomic mass is 35.5. The summed E-state index contributed by atoms with van der Waals surface area (Å²) in [5.41, 5.74) is 1.79. The first kappa shape index (κ1) is 14.5. The van der Waals surface area contributed by atoms with Crippen LogP contribution in [-0.2, 0) is 5.88 Å². The number of aryl methyl sites for hydroxylation is 1. The molecule has 0 bridgehead atoms. The molecular weight excluding hydrogens is 278 g/mol. The van der Waals surface area contributed by atoms with Gasteiger partial charge in [0.2, 0.25) is 11.6 Å². The van der Waals surface area contributed by atoms with Crippen LogP contribution in [0.25, 0.3) is 0 Å². The van der Waals surface area contributed by atoms with Gasteiger partial charge in [-0.3, -0.25) is 0 Å². The summed E-state index contributed by atoms with van der Waals surface area (Å²) in [6.07, 6.45) is 0. The molecule has 0 unspecified atom stereocenters. The second-order valence-corrected chi connectivity index (χ2v) is 4.45. The average Bonchev–Trinajstić information content (AvgIpc) is 2.46. The molecule has 2 aromatic rings. The van der Waals surface area contributed by atoms with Gasteiger partial charge in [0.25, 0.3) is 0 Å². The highest BCUT2D eigenvalue weighted by molar-refractivity contribution is 6.17. The number of halogens is 1. The van der Waals surface area contributed by atoms with Crippen LogP contribution in [0.4, 0.5) is 0 Å². The number of methoxy groups -OCH3 is 2. The lowest BCUT2D eigenvalue weighted by molar-refractivity contribution is 0.341. The molecule has 1 heterocycles. The van der Waals surface area contributed by atoms with Gasteiger partial charge in [-0.25, -0.2) is 4.98 Å². The van der Waals surface area contributed by atoms with E-state index in [0.29, 0.717) is 29.0 Å². The van der Waals surface area contributed by atoms with Gasteiger partial charge < -0.3 is 14.2 Å². The lowest BCUT2D eigenvalue weighted by Crippen LogP contribution is -1.97. The number of ether oxygens (including phenoxy) is 3. The fourth-order valence-electron chi connectivity index (χ4n) is 1.86. The summed E-state index contributed by atoms with van der Waals surface area (Å²) >= 11 is 5.86. The Kier molecular flexibility index (Phi) is 4.69. The minimum atomic E-state index is 0.406. The van der Waals surface area contributed by atoms with Crippen molar-refractivity contribution in [3.8, 4) is 23.1 Å². The van der Waals surface area contributed by atoms with Crippen molar-refractivity contribution < 1.29 is 14.2 Å². The van der Waals surface area contributed by atoms with Gasteiger partial charge >= 0.3 is 0 Å². The molecule has 0 fully saturated rings. The van der Waals surface area contributed by atoms with E-state index in [1.54, 1.807) is 32.4 Å². The zero-order valence-electron chi connectivity index (χ0n) is 11.6. The van der Waals surface area contributed by atoms with E-state index in [4.69, 9.17) is 25.8 Å². The van der Waals surface area contributed by atoms with Crippen LogP contribution in [0.3, 0.4) is 0 Å². The number of benzene rings is 1. The molecule has 0 saturated heterocycles. The predicted molar refractivity (Wildman–Crippen MR) is 78.2 cm³/mol. The van der Waals surface area contributed by atoms with Crippen molar-refractivity contribution >= 4 is 11.6 Å². The highest BCUT2D eigenvalue weighted by Gasteiger charge is 2.13. The van der Waals surface area contributed by atoms with Crippen LogP contribution in [0.5, 0.6) is 23.1 Å². The molecule has 4 nitrogen and oxygen atoms in total. The Hall–Kier alpha value is -1.94. The second kappa shape index (κ2) is 6.48. The molecule has 20 heavy (non-hydrogen) atoms. The molecule has 0 spiro atoms. The molecule has 0 saturated carbocycles. The number of pyridine rings is 1. The maximum atomic E-state index is 5.86. The monoisotopic (exact) mass is 293 g/mol. The fourth-order valence-corrected chi connectivity index (χ4v) is 2.01. The number of para-hydroxylation sites is 1. The van der Waals surface area contributed by atoms with Gasteiger partial charge in [0.1, 0.15) is 0 Å². The molecule has 0 N–H and O–H groups in total. The summed E-state index contributed by atoms with van der Waals surface area (Å²) < 4.78 is 16.4. The zero-order valence-corrected chi connectivity index (χ0v) is 12.4. The maximum absolute atomic E-state index is 5.86. The quantitative estimate of drug-likeness (QED) is 0.783. The Bertz CT molecular complexity index is 579. The SMILES string of the molecule is COc1cccc(OC)c1Oc1cc(CCl)cc(C)n1. The van der Waals surface area contributed by atoms with Crippen molar-refractivity contribution in [1.82, 2.24) is 4.98 Å². The van der Waals surface area contributed by atoms with Crippen LogP contribution in [0, 0.1) is 6.92 Å². The molecule has 0 atom stereocenters. The third-order valence-electron chi connectivity index (χ3n) is 2.73. The third kappa shape index (κ3) is 3.14. The molecule has 106 valence electrons. The van der Waals surface area contributed by atoms with Crippen LogP contribution < -0.4 is 14.2 Å². The summed E-state index contributed by atoms with van der Waals surface area (Å²) in [5, 5.41) is 0. The van der Waals surface area contributed by atoms with Gasteiger partial charge in [0.05, 0.1) is 14.2 Å². The van der Waals surface area contributed by atoms with Gasteiger partial charge in [0, 0.05) is 17.6 Å². The number of aromatic nitrogens is 1. The first-order valence-corrected chi connectivity index (χ1v) is 6.63. The molecule has 1 aromatic carbocycles. The van der Waals surface area contributed by atoms with E-state index in [2.05, 4.69) is 4.98 Å². The Morgan fingerprint density at radius 1 is 1.10 bits per heavy atom. The molecule has 0 amide bonds. The first-order valence-electron chi connectivity index (χ1n) is 6.10. The third-order valence-corrected chi connectivity index (χ3v) is 3.04. The van der Waals surface area contributed by atoms with Gasteiger partial charge in [-0.2, -0.15) is 0 Å². The second-order valence-electron chi connectivity index (χ2n) is 4.18. The number of hydrogen-bond donors (Lipinski definition) is 0. The van der Waals surface area contributed by atoms with Crippen LogP contribution in [0.1, 0.15) is 11.3 Å². The van der Waals surface area contributed by atoms with Crippen LogP contribution >= 0.6 is 11.6 Å². The van der Waals surface area contributed by atoms with Crippen molar-refractivity contribution in [2.75, 3.05) is 14.2 Å². The lowest BCUT2D eigenvalue weighted by Gasteiger charge is -2.13. The normalized spacial score (nSPS) is 10.2. The lowest BCUT2D eigenvalue weighted by atomic mass is 10.2. The Labute approximate surface area is 123 Å². The van der Waals surface area contributed by atoms with Crippen molar-refractivity contribution in [3.05, 3.63) is 41.6 Å². The van der Waals surface area contributed by atoms with E-state index in [1.165, 1.54) is 0 Å². The smallest absolute Gasteiger partial charge is 0.220 e. The van der Waals surface area contributed by atoms with Gasteiger partial charge in [0.15, 0.2) is 11.5 Å². The topological polar surface area (TPSA) is 40.6 Å². The van der Waals surface area contributed by atoms with E-state index < -0.39 is 0 Å². The molecular formula is C15H16ClNO3. The number of hydrogen-bond acceptors (Lipinski definition) is 4. The largest absolute Gasteiger partial charge is 0.493 e. The summed E-state index contributed by atoms with van der Waals surface area (Å²) in [5.74, 6) is 2.53. The minimum absolute atomic E-state index is 0.406. The van der Waals surface area contributed by atoms with E-state index in [-0.39, 0.29) is 0 Å². The molecule has 0 aliphatic rings. The van der Waals surface area contributed by atoms with Gasteiger partial charge in [-0.15, -0.1) is 11.6 Å². The average molecular weight is 294 g/mol. The van der Waals surface area contributed by atoms with E-state index >= 15 is 0 Å². The van der Waals surface area contributed by atoms with Gasteiger partial charge in [-0.1, -0.05) is 6.07 Å². The molecule has 5 heteroatoms. The number of rotatable bonds is 5. The minimum Gasteiger partial charge on any atom is -0.493 e. The van der Waals surface area contributed by atoms with Crippen molar-refractivity contribution in [2.45, 2.75) is 12.8 Å². The van der Waals surface area contributed by atoms with E-state index in [0.717, 1.165) is 11.3 Å². The number of alkyl halides is 1. The summed E-state index contributed by atoms with van der Waals surface area (Å²) in [6, 6.07) is 9.15. The Balaban J connectivity index is 2.41. The maximum Gasteiger partial charge on any atom is 0.220 e. The molecule has 2 rings (SSSR count). The Morgan fingerprint density at radius 3 is 2.30 bits per heavy atom. The first-order chi connectivity index (χ1) is 9.67. The van der Waals surface area contributed by atoms with Crippen molar-refractivity contribution in [2.24, 2.45) is 0 Å². The zero-order chi connectivity index (χ0) is 14.5. The van der Waals surface area contributed by atoms with Gasteiger partial charge in [-0.05, 0) is 30.7 Å². The summed E-state index contributed by atoms with van der Waals surface area (Å²) in [4.78, 5) is 4.34. The summed E-state index contributed by atoms with van der Waals surface area (Å²) in [7, 11) is 3.16. The standard InChI is InChI=1S/C15H16ClNO3/c1-10-7-11(9-16)8-14(17-10)20-15-12(18-2)5-4-6-13(15)19-3/h4-8H,9H2,1-3H3. The van der Waals surface area contributed by atoms with E-state index in [9.17, 15) is 0 Å². The molecule has 0 aliphatic heterocycles.